The predicted octanol–water partition coefficient (Wildman–Crippen LogP) is 7.57. The molecule has 5 rings (SSSR count). The van der Waals surface area contributed by atoms with Crippen molar-refractivity contribution < 1.29 is 82.0 Å². The van der Waals surface area contributed by atoms with Gasteiger partial charge in [-0.05, 0) is 118 Å². The number of carbonyl (C=O) groups excluding carboxylic acids is 11. The zero-order valence-electron chi connectivity index (χ0n) is 64.5. The maximum Gasteiger partial charge on any atom is 0.408 e. The van der Waals surface area contributed by atoms with E-state index >= 15 is 0 Å². The van der Waals surface area contributed by atoms with Gasteiger partial charge >= 0.3 is 18.1 Å². The van der Waals surface area contributed by atoms with E-state index in [0.29, 0.717) is 54.7 Å². The molecular formula is C77H120N10O17S. The number of ketones is 2. The molecule has 3 aliphatic rings. The molecule has 2 unspecified atom stereocenters. The van der Waals surface area contributed by atoms with Gasteiger partial charge in [-0.25, -0.2) is 9.59 Å². The summed E-state index contributed by atoms with van der Waals surface area (Å²) in [6.45, 7) is 19.0. The maximum atomic E-state index is 14.6. The average molecular weight is 1490 g/mol. The molecule has 0 spiro atoms. The summed E-state index contributed by atoms with van der Waals surface area (Å²) in [5, 5.41) is 33.9. The number of hydrogen-bond acceptors (Lipinski definition) is 18. The summed E-state index contributed by atoms with van der Waals surface area (Å²) >= 11 is 1.35. The molecule has 2 heterocycles. The average Bonchev–Trinajstić information content (AvgIpc) is 1.71. The van der Waals surface area contributed by atoms with E-state index in [1.807, 2.05) is 91.7 Å². The molecule has 0 bridgehead atoms. The molecule has 9 N–H and O–H groups in total. The molecule has 1 aliphatic carbocycles. The van der Waals surface area contributed by atoms with Crippen LogP contribution in [-0.4, -0.2) is 216 Å². The number of aliphatic hydroxyl groups excluding tert-OH is 1. The molecule has 13 atom stereocenters. The lowest BCUT2D eigenvalue weighted by molar-refractivity contribution is -0.149. The Morgan fingerprint density at radius 3 is 2.02 bits per heavy atom. The van der Waals surface area contributed by atoms with Crippen molar-refractivity contribution in [3.63, 3.8) is 0 Å². The van der Waals surface area contributed by atoms with Gasteiger partial charge < -0.3 is 66.5 Å². The number of ether oxygens (including phenoxy) is 3. The first kappa shape index (κ1) is 88.1. The van der Waals surface area contributed by atoms with Crippen LogP contribution in [0.15, 0.2) is 48.5 Å². The minimum Gasteiger partial charge on any atom is -0.481 e. The summed E-state index contributed by atoms with van der Waals surface area (Å²) in [5.41, 5.74) is 7.53. The molecule has 105 heavy (non-hydrogen) atoms. The Morgan fingerprint density at radius 2 is 1.45 bits per heavy atom. The number of likely N-dealkylation sites (N-methyl/N-ethyl adjacent to an activating group) is 2. The topological polar surface area (TPSA) is 372 Å². The molecule has 586 valence electrons. The van der Waals surface area contributed by atoms with Gasteiger partial charge in [-0.2, -0.15) is 0 Å². The van der Waals surface area contributed by atoms with Crippen molar-refractivity contribution in [1.82, 2.24) is 40.9 Å². The Morgan fingerprint density at radius 1 is 0.781 bits per heavy atom. The Kier molecular flexibility index (Phi) is 35.3. The van der Waals surface area contributed by atoms with Crippen molar-refractivity contribution in [2.45, 2.75) is 226 Å². The second kappa shape index (κ2) is 42.1. The first-order valence-electron chi connectivity index (χ1n) is 37.2. The third-order valence-electron chi connectivity index (χ3n) is 20.9. The zero-order chi connectivity index (χ0) is 78.2. The van der Waals surface area contributed by atoms with Crippen LogP contribution < -0.4 is 32.3 Å². The lowest BCUT2D eigenvalue weighted by Crippen LogP contribution is -2.54. The number of amides is 10. The minimum absolute atomic E-state index is 0.0155. The first-order valence-corrected chi connectivity index (χ1v) is 38.3. The number of β-amino-alcohol motifs (C(OH)–C–C–N with tert-alkyl or cyclic N) is 1. The lowest BCUT2D eigenvalue weighted by Gasteiger charge is -2.41. The smallest absolute Gasteiger partial charge is 0.408 e. The third-order valence-corrected chi connectivity index (χ3v) is 22.5. The molecule has 28 heteroatoms. The zero-order valence-corrected chi connectivity index (χ0v) is 65.3. The van der Waals surface area contributed by atoms with Gasteiger partial charge in [0.15, 0.2) is 11.6 Å². The van der Waals surface area contributed by atoms with Gasteiger partial charge in [0.05, 0.1) is 72.5 Å². The molecule has 2 aromatic carbocycles. The molecule has 10 amide bonds. The number of aryl methyl sites for hydroxylation is 1. The minimum atomic E-state index is -0.926. The second-order valence-corrected chi connectivity index (χ2v) is 31.6. The number of Topliss-reactive ketones (excluding diaryl/α,β-unsaturated/α-hetero) is 2. The van der Waals surface area contributed by atoms with Crippen LogP contribution in [0.25, 0.3) is 0 Å². The number of anilines is 1. The number of primary amides is 1. The predicted molar refractivity (Wildman–Crippen MR) is 400 cm³/mol. The number of imide groups is 1. The van der Waals surface area contributed by atoms with Crippen molar-refractivity contribution >= 4 is 88.5 Å². The number of nitrogens with two attached hydrogens (primary N) is 1. The summed E-state index contributed by atoms with van der Waals surface area (Å²) in [6, 6.07) is 9.79. The van der Waals surface area contributed by atoms with E-state index in [9.17, 15) is 67.7 Å². The van der Waals surface area contributed by atoms with Crippen LogP contribution in [-0.2, 0) is 68.8 Å². The van der Waals surface area contributed by atoms with Crippen LogP contribution >= 0.6 is 11.8 Å². The second-order valence-electron chi connectivity index (χ2n) is 30.4. The number of nitrogens with zero attached hydrogens (tertiary/aromatic N) is 4. The fourth-order valence-corrected chi connectivity index (χ4v) is 15.9. The van der Waals surface area contributed by atoms with E-state index < -0.39 is 95.4 Å². The van der Waals surface area contributed by atoms with Crippen LogP contribution in [0.4, 0.5) is 15.3 Å². The van der Waals surface area contributed by atoms with Crippen LogP contribution in [0.2, 0.25) is 0 Å². The fourth-order valence-electron chi connectivity index (χ4n) is 14.5. The number of carboxylic acids is 1. The molecule has 0 aromatic heterocycles. The summed E-state index contributed by atoms with van der Waals surface area (Å²) in [7, 11) is 8.37. The third kappa shape index (κ3) is 26.7. The number of alkyl carbamates (subject to hydrolysis) is 1. The van der Waals surface area contributed by atoms with Gasteiger partial charge in [0.2, 0.25) is 41.4 Å². The molecule has 2 aromatic rings. The number of aliphatic carboxylic acids is 1. The highest BCUT2D eigenvalue weighted by Gasteiger charge is 2.48. The van der Waals surface area contributed by atoms with Crippen LogP contribution in [0.5, 0.6) is 0 Å². The highest BCUT2D eigenvalue weighted by molar-refractivity contribution is 8.00. The number of unbranched alkanes of at least 4 members (excludes halogenated alkanes) is 2. The number of methoxy groups -OCH3 is 2. The molecule has 3 fully saturated rings. The normalized spacial score (nSPS) is 19.2. The highest BCUT2D eigenvalue weighted by atomic mass is 32.2. The van der Waals surface area contributed by atoms with Crippen molar-refractivity contribution in [3.05, 3.63) is 65.2 Å². The number of carboxylic acid groups (broad SMARTS) is 1. The van der Waals surface area contributed by atoms with Gasteiger partial charge in [0.1, 0.15) is 6.61 Å². The Balaban J connectivity index is 1.16. The number of rotatable bonds is 46. The Bertz CT molecular complexity index is 3250. The molecule has 1 saturated carbocycles. The largest absolute Gasteiger partial charge is 0.481 e. The van der Waals surface area contributed by atoms with E-state index in [4.69, 9.17) is 19.9 Å². The number of thioether (sulfide) groups is 1. The number of aliphatic hydroxyl groups is 1. The molecular weight excluding hydrogens is 1370 g/mol. The van der Waals surface area contributed by atoms with Gasteiger partial charge in [0, 0.05) is 96.4 Å². The summed E-state index contributed by atoms with van der Waals surface area (Å²) in [5.74, 6) is -6.12. The van der Waals surface area contributed by atoms with Crippen molar-refractivity contribution in [2.75, 3.05) is 72.6 Å². The van der Waals surface area contributed by atoms with E-state index in [2.05, 4.69) is 26.6 Å². The summed E-state index contributed by atoms with van der Waals surface area (Å²) in [4.78, 5) is 167. The number of carbonyl (C=O) groups is 12. The van der Waals surface area contributed by atoms with Crippen molar-refractivity contribution in [3.8, 4) is 0 Å². The standard InChI is InChI=1S/C77H120N10O17S/c1-16-49(9)69(85(13)73(98)56(45(2)3)37-60(90)68(47(6)7)84(11)12)61(102-14)38-64(92)87-42-55(88)36-58(87)70(103-15)50(10)71(96)80-41-57(52-27-23-48(8)24-28-52)82-76(101)104-43-51-25-29-54(30-26-51)81-72(97)53(21-20-33-79-75(78)100)35-59(89)67(46(4)5)83-63(91)22-18-17-19-34-86-65(93)39-62(74(86)99)105-44-77(31-32-77)40-66(94)95/h23-30,45-47,49-50,53,55-58,61-62,67-70,88H,16-22,31-44H2,1-15H3,(H,80,96)(H,81,97)(H,82,101)(H,83,91)(H,94,95)(H3,78,79,100)/t49-,50+,53+,55-,56-,57?,58-,61+,62?,67-,68-,69-,70+/m0/s1. The lowest BCUT2D eigenvalue weighted by atomic mass is 9.83. The Labute approximate surface area is 624 Å². The van der Waals surface area contributed by atoms with Crippen molar-refractivity contribution in [1.29, 1.82) is 0 Å². The van der Waals surface area contributed by atoms with Gasteiger partial charge in [0.25, 0.3) is 0 Å². The van der Waals surface area contributed by atoms with Crippen LogP contribution in [0.3, 0.4) is 0 Å². The number of hydrogen-bond donors (Lipinski definition) is 8. The quantitative estimate of drug-likeness (QED) is 0.0234. The maximum absolute atomic E-state index is 14.6. The van der Waals surface area contributed by atoms with E-state index in [-0.39, 0.29) is 160 Å². The first-order chi connectivity index (χ1) is 49.5. The Hall–Kier alpha value is -7.53. The van der Waals surface area contributed by atoms with Gasteiger partial charge in [-0.1, -0.05) is 117 Å². The monoisotopic (exact) mass is 1490 g/mol. The molecule has 0 radical (unpaired) electrons. The highest BCUT2D eigenvalue weighted by Crippen LogP contribution is 2.52. The van der Waals surface area contributed by atoms with Crippen LogP contribution in [0, 0.1) is 53.8 Å². The summed E-state index contributed by atoms with van der Waals surface area (Å²) < 4.78 is 17.8. The number of nitrogens with one attached hydrogen (secondary N) is 5. The van der Waals surface area contributed by atoms with E-state index in [0.717, 1.165) is 18.4 Å². The molecule has 2 aliphatic heterocycles. The molecule has 2 saturated heterocycles. The number of urea groups is 1. The number of likely N-dealkylation sites (tertiary alicyclic amines) is 2. The van der Waals surface area contributed by atoms with Gasteiger partial charge in [-0.3, -0.25) is 57.7 Å². The summed E-state index contributed by atoms with van der Waals surface area (Å²) in [6.07, 6.45) is 0.759. The van der Waals surface area contributed by atoms with Gasteiger partial charge in [-0.15, -0.1) is 11.8 Å². The van der Waals surface area contributed by atoms with Crippen LogP contribution in [0.1, 0.15) is 181 Å². The van der Waals surface area contributed by atoms with Crippen molar-refractivity contribution in [2.24, 2.45) is 52.6 Å². The molecule has 27 nitrogen and oxygen atoms in total. The van der Waals surface area contributed by atoms with E-state index in [1.165, 1.54) is 35.8 Å². The SMILES string of the molecule is CC[C@H](C)[C@@H]([C@@H](CC(=O)N1C[C@@H](O)C[C@H]1[C@H](OC)[C@@H](C)C(=O)NCC(NC(=O)OCc1ccc(NC(=O)[C@H](CCCNC(N)=O)CC(=O)[C@@H](NC(=O)CCCCCN2C(=O)CC(SCC3(CC(=O)O)CC3)C2=O)C(C)C)cc1)c1ccc(C)cc1)OC)N(C)C(=O)[C@@H](CC(=O)[C@H](C(C)C)N(C)C)C(C)C. The fraction of sp³-hybridized carbons (Fsp3) is 0.688. The van der Waals surface area contributed by atoms with E-state index in [1.54, 1.807) is 57.0 Å². The number of benzene rings is 2.